The Kier molecular flexibility index (Phi) is 5.72. The van der Waals surface area contributed by atoms with E-state index in [9.17, 15) is 4.79 Å². The number of aromatic nitrogens is 1. The second-order valence-electron chi connectivity index (χ2n) is 4.91. The van der Waals surface area contributed by atoms with Crippen LogP contribution in [0.4, 0.5) is 5.82 Å². The monoisotopic (exact) mass is 296 g/mol. The number of ether oxygens (including phenoxy) is 1. The minimum absolute atomic E-state index is 0.201. The Morgan fingerprint density at radius 3 is 2.73 bits per heavy atom. The Labute approximate surface area is 130 Å². The molecular weight excluding hydrogens is 276 g/mol. The molecule has 1 aromatic carbocycles. The van der Waals surface area contributed by atoms with E-state index in [-0.39, 0.29) is 5.91 Å². The average Bonchev–Trinajstić information content (AvgIpc) is 2.54. The molecule has 0 aliphatic heterocycles. The summed E-state index contributed by atoms with van der Waals surface area (Å²) in [6, 6.07) is 11.4. The number of pyridine rings is 1. The van der Waals surface area contributed by atoms with Crippen molar-refractivity contribution in [1.29, 1.82) is 0 Å². The minimum Gasteiger partial charge on any atom is -0.494 e. The number of hydrogen-bond donors (Lipinski definition) is 1. The van der Waals surface area contributed by atoms with Gasteiger partial charge in [0.15, 0.2) is 0 Å². The van der Waals surface area contributed by atoms with Crippen LogP contribution in [0.2, 0.25) is 0 Å². The van der Waals surface area contributed by atoms with Crippen LogP contribution in [0.5, 0.6) is 5.75 Å². The second-order valence-corrected chi connectivity index (χ2v) is 4.91. The summed E-state index contributed by atoms with van der Waals surface area (Å²) in [5, 5.41) is 2.76. The van der Waals surface area contributed by atoms with Crippen molar-refractivity contribution in [1.82, 2.24) is 4.98 Å². The molecule has 0 atom stereocenters. The van der Waals surface area contributed by atoms with E-state index in [4.69, 9.17) is 4.74 Å². The Morgan fingerprint density at radius 1 is 1.27 bits per heavy atom. The molecule has 1 heterocycles. The van der Waals surface area contributed by atoms with Gasteiger partial charge in [-0.25, -0.2) is 4.98 Å². The summed E-state index contributed by atoms with van der Waals surface area (Å²) in [4.78, 5) is 16.0. The first-order chi connectivity index (χ1) is 10.7. The fourth-order valence-corrected chi connectivity index (χ4v) is 1.84. The van der Waals surface area contributed by atoms with Crippen LogP contribution in [-0.4, -0.2) is 17.5 Å². The maximum atomic E-state index is 11.9. The third kappa shape index (κ3) is 4.74. The summed E-state index contributed by atoms with van der Waals surface area (Å²) >= 11 is 0. The van der Waals surface area contributed by atoms with Gasteiger partial charge in [0, 0.05) is 12.3 Å². The molecule has 114 valence electrons. The van der Waals surface area contributed by atoms with Crippen molar-refractivity contribution in [3.8, 4) is 5.75 Å². The van der Waals surface area contributed by atoms with E-state index in [0.29, 0.717) is 12.4 Å². The van der Waals surface area contributed by atoms with E-state index in [1.54, 1.807) is 12.3 Å². The third-order valence-electron chi connectivity index (χ3n) is 3.03. The van der Waals surface area contributed by atoms with Crippen molar-refractivity contribution in [3.05, 3.63) is 59.8 Å². The molecule has 4 heteroatoms. The number of nitrogens with zero attached hydrogens (tertiary/aromatic N) is 1. The lowest BCUT2D eigenvalue weighted by Gasteiger charge is -2.05. The number of aryl methyl sites for hydroxylation is 1. The first-order valence-electron chi connectivity index (χ1n) is 7.32. The zero-order valence-corrected chi connectivity index (χ0v) is 12.9. The molecule has 2 rings (SSSR count). The van der Waals surface area contributed by atoms with Gasteiger partial charge < -0.3 is 10.1 Å². The first-order valence-corrected chi connectivity index (χ1v) is 7.32. The Morgan fingerprint density at radius 2 is 2.05 bits per heavy atom. The van der Waals surface area contributed by atoms with Gasteiger partial charge in [-0.05, 0) is 48.7 Å². The number of nitrogens with one attached hydrogen (secondary N) is 1. The summed E-state index contributed by atoms with van der Waals surface area (Å²) in [6.07, 6.45) is 5.89. The molecule has 0 saturated heterocycles. The number of rotatable bonds is 6. The zero-order chi connectivity index (χ0) is 15.8. The van der Waals surface area contributed by atoms with Crippen LogP contribution in [0.3, 0.4) is 0 Å². The second kappa shape index (κ2) is 7.98. The van der Waals surface area contributed by atoms with E-state index >= 15 is 0 Å². The number of carbonyl (C=O) groups excluding carboxylic acids is 1. The Balaban J connectivity index is 1.93. The fourth-order valence-electron chi connectivity index (χ4n) is 1.84. The molecule has 1 aromatic heterocycles. The maximum absolute atomic E-state index is 11.9. The molecular formula is C18H20N2O2. The fraction of sp³-hybridized carbons (Fsp3) is 0.222. The van der Waals surface area contributed by atoms with Crippen LogP contribution in [0.25, 0.3) is 6.08 Å². The standard InChI is InChI=1S/C18H20N2O2/c1-3-13-22-16-9-6-15(7-10-16)8-11-17(21)20-18-14(2)5-4-12-19-18/h4-12H,3,13H2,1-2H3,(H,19,20,21)/b11-8+. The number of anilines is 1. The quantitative estimate of drug-likeness (QED) is 0.824. The van der Waals surface area contributed by atoms with Crippen molar-refractivity contribution in [2.24, 2.45) is 0 Å². The molecule has 1 N–H and O–H groups in total. The lowest BCUT2D eigenvalue weighted by molar-refractivity contribution is -0.111. The minimum atomic E-state index is -0.201. The van der Waals surface area contributed by atoms with Crippen molar-refractivity contribution < 1.29 is 9.53 Å². The van der Waals surface area contributed by atoms with E-state index in [1.807, 2.05) is 43.3 Å². The van der Waals surface area contributed by atoms with Gasteiger partial charge in [-0.15, -0.1) is 0 Å². The smallest absolute Gasteiger partial charge is 0.249 e. The van der Waals surface area contributed by atoms with Crippen LogP contribution in [-0.2, 0) is 4.79 Å². The highest BCUT2D eigenvalue weighted by Gasteiger charge is 2.01. The van der Waals surface area contributed by atoms with Crippen LogP contribution in [0, 0.1) is 6.92 Å². The topological polar surface area (TPSA) is 51.2 Å². The molecule has 0 aliphatic carbocycles. The van der Waals surface area contributed by atoms with Crippen molar-refractivity contribution in [2.75, 3.05) is 11.9 Å². The summed E-state index contributed by atoms with van der Waals surface area (Å²) in [5.41, 5.74) is 1.87. The van der Waals surface area contributed by atoms with E-state index in [1.165, 1.54) is 6.08 Å². The highest BCUT2D eigenvalue weighted by atomic mass is 16.5. The molecule has 4 nitrogen and oxygen atoms in total. The number of carbonyl (C=O) groups is 1. The average molecular weight is 296 g/mol. The predicted octanol–water partition coefficient (Wildman–Crippen LogP) is 3.83. The van der Waals surface area contributed by atoms with Crippen molar-refractivity contribution in [2.45, 2.75) is 20.3 Å². The molecule has 0 spiro atoms. The molecule has 0 unspecified atom stereocenters. The van der Waals surface area contributed by atoms with Gasteiger partial charge in [-0.2, -0.15) is 0 Å². The van der Waals surface area contributed by atoms with Gasteiger partial charge >= 0.3 is 0 Å². The number of hydrogen-bond acceptors (Lipinski definition) is 3. The van der Waals surface area contributed by atoms with E-state index in [0.717, 1.165) is 23.3 Å². The van der Waals surface area contributed by atoms with Gasteiger partial charge in [0.2, 0.25) is 5.91 Å². The highest BCUT2D eigenvalue weighted by Crippen LogP contribution is 2.14. The van der Waals surface area contributed by atoms with Crippen LogP contribution in [0.1, 0.15) is 24.5 Å². The SMILES string of the molecule is CCCOc1ccc(/C=C/C(=O)Nc2ncccc2C)cc1. The molecule has 2 aromatic rings. The van der Waals surface area contributed by atoms with Gasteiger partial charge in [-0.1, -0.05) is 25.1 Å². The van der Waals surface area contributed by atoms with Crippen LogP contribution < -0.4 is 10.1 Å². The summed E-state index contributed by atoms with van der Waals surface area (Å²) in [5.74, 6) is 1.22. The number of benzene rings is 1. The van der Waals surface area contributed by atoms with Gasteiger partial charge in [0.1, 0.15) is 11.6 Å². The highest BCUT2D eigenvalue weighted by molar-refractivity contribution is 6.01. The van der Waals surface area contributed by atoms with Gasteiger partial charge in [0.05, 0.1) is 6.61 Å². The van der Waals surface area contributed by atoms with Gasteiger partial charge in [0.25, 0.3) is 0 Å². The molecule has 1 amide bonds. The summed E-state index contributed by atoms with van der Waals surface area (Å²) in [7, 11) is 0. The molecule has 0 aliphatic rings. The van der Waals surface area contributed by atoms with E-state index in [2.05, 4.69) is 17.2 Å². The zero-order valence-electron chi connectivity index (χ0n) is 12.9. The molecule has 0 saturated carbocycles. The molecule has 0 fully saturated rings. The van der Waals surface area contributed by atoms with Crippen LogP contribution in [0.15, 0.2) is 48.7 Å². The third-order valence-corrected chi connectivity index (χ3v) is 3.03. The van der Waals surface area contributed by atoms with Crippen molar-refractivity contribution >= 4 is 17.8 Å². The largest absolute Gasteiger partial charge is 0.494 e. The molecule has 0 bridgehead atoms. The normalized spacial score (nSPS) is 10.6. The lowest BCUT2D eigenvalue weighted by Crippen LogP contribution is -2.10. The molecule has 22 heavy (non-hydrogen) atoms. The van der Waals surface area contributed by atoms with Crippen molar-refractivity contribution in [3.63, 3.8) is 0 Å². The maximum Gasteiger partial charge on any atom is 0.249 e. The first kappa shape index (κ1) is 15.8. The Hall–Kier alpha value is -2.62. The summed E-state index contributed by atoms with van der Waals surface area (Å²) < 4.78 is 5.52. The lowest BCUT2D eigenvalue weighted by atomic mass is 10.2. The van der Waals surface area contributed by atoms with Crippen LogP contribution >= 0.6 is 0 Å². The predicted molar refractivity (Wildman–Crippen MR) is 88.9 cm³/mol. The number of amides is 1. The molecule has 0 radical (unpaired) electrons. The summed E-state index contributed by atoms with van der Waals surface area (Å²) in [6.45, 7) is 4.68. The van der Waals surface area contributed by atoms with Gasteiger partial charge in [-0.3, -0.25) is 4.79 Å². The van der Waals surface area contributed by atoms with E-state index < -0.39 is 0 Å². The Bertz CT molecular complexity index is 648.